The van der Waals surface area contributed by atoms with Crippen molar-refractivity contribution < 1.29 is 17.9 Å². The molecule has 1 aromatic rings. The largest absolute Gasteiger partial charge is 0.392 e. The summed E-state index contributed by atoms with van der Waals surface area (Å²) in [6.07, 6.45) is 0.612. The third-order valence-electron chi connectivity index (χ3n) is 2.25. The van der Waals surface area contributed by atoms with E-state index < -0.39 is 21.9 Å². The zero-order valence-electron chi connectivity index (χ0n) is 9.56. The lowest BCUT2D eigenvalue weighted by molar-refractivity contribution is 0.167. The Morgan fingerprint density at radius 3 is 2.47 bits per heavy atom. The highest BCUT2D eigenvalue weighted by Gasteiger charge is 2.15. The molecule has 2 N–H and O–H groups in total. The number of hydrogen-bond donors (Lipinski definition) is 2. The van der Waals surface area contributed by atoms with Gasteiger partial charge in [-0.2, -0.15) is 0 Å². The maximum absolute atomic E-state index is 12.6. The molecule has 0 saturated heterocycles. The topological polar surface area (TPSA) is 66.4 Å². The summed E-state index contributed by atoms with van der Waals surface area (Å²) in [6, 6.07) is 4.53. The lowest BCUT2D eigenvalue weighted by Crippen LogP contribution is -2.32. The van der Waals surface area contributed by atoms with Crippen LogP contribution in [0.3, 0.4) is 0 Å². The quantitative estimate of drug-likeness (QED) is 0.810. The maximum atomic E-state index is 12.6. The van der Waals surface area contributed by atoms with Gasteiger partial charge >= 0.3 is 0 Å². The zero-order chi connectivity index (χ0) is 12.9. The molecule has 0 bridgehead atoms. The summed E-state index contributed by atoms with van der Waals surface area (Å²) >= 11 is 0. The average molecular weight is 261 g/mol. The summed E-state index contributed by atoms with van der Waals surface area (Å²) in [5.41, 5.74) is 0. The molecular formula is C11H16FNO3S. The van der Waals surface area contributed by atoms with Crippen molar-refractivity contribution >= 4 is 10.0 Å². The van der Waals surface area contributed by atoms with Crippen LogP contribution in [0.5, 0.6) is 0 Å². The minimum absolute atomic E-state index is 0.0115. The molecule has 0 aliphatic rings. The van der Waals surface area contributed by atoms with E-state index in [4.69, 9.17) is 0 Å². The van der Waals surface area contributed by atoms with Crippen LogP contribution in [0.25, 0.3) is 0 Å². The van der Waals surface area contributed by atoms with Crippen LogP contribution in [0.4, 0.5) is 4.39 Å². The Kier molecular flexibility index (Phi) is 5.04. The average Bonchev–Trinajstić information content (AvgIpc) is 2.28. The molecule has 1 aromatic carbocycles. The summed E-state index contributed by atoms with van der Waals surface area (Å²) < 4.78 is 38.3. The molecule has 1 rings (SSSR count). The molecule has 0 saturated carbocycles. The van der Waals surface area contributed by atoms with Crippen LogP contribution in [0.1, 0.15) is 19.8 Å². The highest BCUT2D eigenvalue weighted by atomic mass is 32.2. The summed E-state index contributed by atoms with van der Waals surface area (Å²) in [5.74, 6) is -0.491. The molecule has 1 atom stereocenters. The minimum Gasteiger partial charge on any atom is -0.392 e. The van der Waals surface area contributed by atoms with E-state index in [9.17, 15) is 17.9 Å². The number of nitrogens with one attached hydrogen (secondary N) is 1. The van der Waals surface area contributed by atoms with Gasteiger partial charge in [0.1, 0.15) is 5.82 Å². The zero-order valence-corrected chi connectivity index (χ0v) is 10.4. The van der Waals surface area contributed by atoms with Crippen molar-refractivity contribution in [2.75, 3.05) is 6.54 Å². The number of benzene rings is 1. The van der Waals surface area contributed by atoms with Crippen LogP contribution in [0.15, 0.2) is 29.2 Å². The molecule has 0 aliphatic carbocycles. The van der Waals surface area contributed by atoms with Crippen molar-refractivity contribution in [3.05, 3.63) is 30.1 Å². The Morgan fingerprint density at radius 2 is 1.94 bits per heavy atom. The van der Waals surface area contributed by atoms with E-state index in [-0.39, 0.29) is 11.4 Å². The van der Waals surface area contributed by atoms with E-state index in [1.807, 2.05) is 6.92 Å². The molecular weight excluding hydrogens is 245 g/mol. The van der Waals surface area contributed by atoms with Crippen LogP contribution in [-0.2, 0) is 10.0 Å². The smallest absolute Gasteiger partial charge is 0.240 e. The van der Waals surface area contributed by atoms with Gasteiger partial charge in [-0.25, -0.2) is 17.5 Å². The number of hydrogen-bond acceptors (Lipinski definition) is 3. The maximum Gasteiger partial charge on any atom is 0.240 e. The van der Waals surface area contributed by atoms with Crippen molar-refractivity contribution in [1.82, 2.24) is 4.72 Å². The number of halogens is 1. The number of sulfonamides is 1. The third kappa shape index (κ3) is 4.41. The van der Waals surface area contributed by atoms with Crippen molar-refractivity contribution in [2.45, 2.75) is 30.8 Å². The lowest BCUT2D eigenvalue weighted by Gasteiger charge is -2.11. The van der Waals surface area contributed by atoms with Crippen molar-refractivity contribution in [1.29, 1.82) is 0 Å². The van der Waals surface area contributed by atoms with Gasteiger partial charge in [0.25, 0.3) is 0 Å². The van der Waals surface area contributed by atoms with E-state index in [0.29, 0.717) is 6.42 Å². The molecule has 0 fully saturated rings. The Morgan fingerprint density at radius 1 is 1.35 bits per heavy atom. The normalized spacial score (nSPS) is 13.6. The van der Waals surface area contributed by atoms with Crippen molar-refractivity contribution in [3.8, 4) is 0 Å². The van der Waals surface area contributed by atoms with Gasteiger partial charge in [0.15, 0.2) is 0 Å². The van der Waals surface area contributed by atoms with Gasteiger partial charge in [0, 0.05) is 6.54 Å². The highest BCUT2D eigenvalue weighted by Crippen LogP contribution is 2.09. The van der Waals surface area contributed by atoms with Crippen molar-refractivity contribution in [3.63, 3.8) is 0 Å². The molecule has 1 unspecified atom stereocenters. The molecule has 17 heavy (non-hydrogen) atoms. The first-order chi connectivity index (χ1) is 7.95. The van der Waals surface area contributed by atoms with Crippen LogP contribution < -0.4 is 4.72 Å². The fourth-order valence-corrected chi connectivity index (χ4v) is 2.41. The van der Waals surface area contributed by atoms with Gasteiger partial charge in [-0.05, 0) is 30.7 Å². The second kappa shape index (κ2) is 6.09. The fraction of sp³-hybridized carbons (Fsp3) is 0.455. The van der Waals surface area contributed by atoms with Crippen LogP contribution in [-0.4, -0.2) is 26.2 Å². The molecule has 0 spiro atoms. The molecule has 0 aliphatic heterocycles. The standard InChI is InChI=1S/C11H16FNO3S/c1-2-3-10(14)8-13-17(15,16)11-6-4-9(12)5-7-11/h4-7,10,13-14H,2-3,8H2,1H3. The summed E-state index contributed by atoms with van der Waals surface area (Å²) in [7, 11) is -3.67. The highest BCUT2D eigenvalue weighted by molar-refractivity contribution is 7.89. The van der Waals surface area contributed by atoms with E-state index in [1.165, 1.54) is 12.1 Å². The molecule has 0 heterocycles. The first-order valence-corrected chi connectivity index (χ1v) is 6.87. The van der Waals surface area contributed by atoms with Gasteiger partial charge in [0.2, 0.25) is 10.0 Å². The minimum atomic E-state index is -3.67. The summed E-state index contributed by atoms with van der Waals surface area (Å²) in [6.45, 7) is 1.87. The molecule has 0 amide bonds. The molecule has 0 radical (unpaired) electrons. The van der Waals surface area contributed by atoms with E-state index in [0.717, 1.165) is 18.6 Å². The lowest BCUT2D eigenvalue weighted by atomic mass is 10.2. The van der Waals surface area contributed by atoms with Crippen LogP contribution in [0, 0.1) is 5.82 Å². The van der Waals surface area contributed by atoms with Gasteiger partial charge in [-0.1, -0.05) is 13.3 Å². The van der Waals surface area contributed by atoms with Crippen molar-refractivity contribution in [2.24, 2.45) is 0 Å². The van der Waals surface area contributed by atoms with E-state index in [1.54, 1.807) is 0 Å². The van der Waals surface area contributed by atoms with Gasteiger partial charge < -0.3 is 5.11 Å². The first-order valence-electron chi connectivity index (χ1n) is 5.39. The van der Waals surface area contributed by atoms with Gasteiger partial charge in [-0.15, -0.1) is 0 Å². The fourth-order valence-electron chi connectivity index (χ4n) is 1.34. The molecule has 96 valence electrons. The molecule has 6 heteroatoms. The monoisotopic (exact) mass is 261 g/mol. The second-order valence-corrected chi connectivity index (χ2v) is 5.52. The van der Waals surface area contributed by atoms with Crippen LogP contribution >= 0.6 is 0 Å². The first kappa shape index (κ1) is 14.1. The Hall–Kier alpha value is -0.980. The number of rotatable bonds is 6. The third-order valence-corrected chi connectivity index (χ3v) is 3.69. The predicted molar refractivity (Wildman–Crippen MR) is 62.5 cm³/mol. The van der Waals surface area contributed by atoms with E-state index in [2.05, 4.69) is 4.72 Å². The Labute approximate surface area is 101 Å². The van der Waals surface area contributed by atoms with E-state index >= 15 is 0 Å². The number of aliphatic hydroxyl groups excluding tert-OH is 1. The number of aliphatic hydroxyl groups is 1. The summed E-state index contributed by atoms with van der Waals surface area (Å²) in [4.78, 5) is -0.0115. The molecule has 4 nitrogen and oxygen atoms in total. The van der Waals surface area contributed by atoms with Crippen LogP contribution in [0.2, 0.25) is 0 Å². The second-order valence-electron chi connectivity index (χ2n) is 3.75. The SMILES string of the molecule is CCCC(O)CNS(=O)(=O)c1ccc(F)cc1. The van der Waals surface area contributed by atoms with Gasteiger partial charge in [-0.3, -0.25) is 0 Å². The van der Waals surface area contributed by atoms with Gasteiger partial charge in [0.05, 0.1) is 11.0 Å². The molecule has 0 aromatic heterocycles. The Balaban J connectivity index is 2.66. The summed E-state index contributed by atoms with van der Waals surface area (Å²) in [5, 5.41) is 9.42. The Bertz CT molecular complexity index is 444. The predicted octanol–water partition coefficient (Wildman–Crippen LogP) is 1.26.